The van der Waals surface area contributed by atoms with Gasteiger partial charge in [-0.3, -0.25) is 14.4 Å². The van der Waals surface area contributed by atoms with Crippen LogP contribution in [0.3, 0.4) is 0 Å². The van der Waals surface area contributed by atoms with Gasteiger partial charge in [-0.2, -0.15) is 0 Å². The summed E-state index contributed by atoms with van der Waals surface area (Å²) in [4.78, 5) is 40.2. The Bertz CT molecular complexity index is 673. The van der Waals surface area contributed by atoms with Crippen LogP contribution in [0.4, 0.5) is 5.69 Å². The number of hydrogen-bond donors (Lipinski definition) is 0. The lowest BCUT2D eigenvalue weighted by molar-refractivity contribution is -0.149. The second kappa shape index (κ2) is 7.68. The molecular weight excluding hydrogens is 320 g/mol. The largest absolute Gasteiger partial charge is 0.466 e. The zero-order valence-corrected chi connectivity index (χ0v) is 14.6. The van der Waals surface area contributed by atoms with E-state index in [1.807, 2.05) is 6.07 Å². The molecule has 0 aliphatic carbocycles. The molecule has 1 aromatic rings. The molecule has 0 aromatic heterocycles. The molecule has 0 bridgehead atoms. The van der Waals surface area contributed by atoms with E-state index in [0.717, 1.165) is 24.9 Å². The average molecular weight is 344 g/mol. The van der Waals surface area contributed by atoms with Crippen LogP contribution in [0.5, 0.6) is 0 Å². The summed E-state index contributed by atoms with van der Waals surface area (Å²) in [5.74, 6) is -0.468. The fourth-order valence-corrected chi connectivity index (χ4v) is 3.52. The Morgan fingerprint density at radius 2 is 2.08 bits per heavy atom. The molecule has 3 rings (SSSR count). The predicted molar refractivity (Wildman–Crippen MR) is 93.3 cm³/mol. The van der Waals surface area contributed by atoms with E-state index in [-0.39, 0.29) is 23.7 Å². The summed E-state index contributed by atoms with van der Waals surface area (Å²) in [5.41, 5.74) is 1.33. The molecule has 1 atom stereocenters. The molecule has 0 spiro atoms. The number of nitrogens with zero attached hydrogens (tertiary/aromatic N) is 2. The molecule has 2 heterocycles. The van der Waals surface area contributed by atoms with Crippen LogP contribution in [0.1, 0.15) is 43.0 Å². The molecule has 6 nitrogen and oxygen atoms in total. The predicted octanol–water partition coefficient (Wildman–Crippen LogP) is 2.23. The Morgan fingerprint density at radius 1 is 1.24 bits per heavy atom. The van der Waals surface area contributed by atoms with Gasteiger partial charge in [-0.1, -0.05) is 6.07 Å². The summed E-state index contributed by atoms with van der Waals surface area (Å²) in [7, 11) is 0. The molecule has 0 radical (unpaired) electrons. The summed E-state index contributed by atoms with van der Waals surface area (Å²) < 4.78 is 5.09. The number of amides is 2. The highest BCUT2D eigenvalue weighted by Crippen LogP contribution is 2.24. The molecule has 2 aliphatic rings. The molecule has 1 aromatic carbocycles. The number of likely N-dealkylation sites (tertiary alicyclic amines) is 1. The van der Waals surface area contributed by atoms with Gasteiger partial charge in [-0.15, -0.1) is 0 Å². The number of piperidine rings is 1. The second-order valence-corrected chi connectivity index (χ2v) is 6.54. The smallest absolute Gasteiger partial charge is 0.310 e. The van der Waals surface area contributed by atoms with Crippen LogP contribution in [0.25, 0.3) is 0 Å². The van der Waals surface area contributed by atoms with Crippen molar-refractivity contribution in [1.82, 2.24) is 4.90 Å². The minimum Gasteiger partial charge on any atom is -0.466 e. The molecule has 0 unspecified atom stereocenters. The van der Waals surface area contributed by atoms with E-state index in [9.17, 15) is 14.4 Å². The summed E-state index contributed by atoms with van der Waals surface area (Å²) in [6.07, 6.45) is 2.96. The first kappa shape index (κ1) is 17.5. The quantitative estimate of drug-likeness (QED) is 0.786. The molecule has 2 fully saturated rings. The molecule has 2 saturated heterocycles. The van der Waals surface area contributed by atoms with Gasteiger partial charge in [0.1, 0.15) is 0 Å². The van der Waals surface area contributed by atoms with Gasteiger partial charge >= 0.3 is 5.97 Å². The molecule has 25 heavy (non-hydrogen) atoms. The SMILES string of the molecule is CCOC(=O)[C@H]1CCCN(C(=O)c2cccc(N3CCCC3=O)c2)C1. The monoisotopic (exact) mass is 344 g/mol. The van der Waals surface area contributed by atoms with Crippen LogP contribution in [-0.2, 0) is 14.3 Å². The highest BCUT2D eigenvalue weighted by atomic mass is 16.5. The Hall–Kier alpha value is -2.37. The van der Waals surface area contributed by atoms with Crippen LogP contribution in [0.15, 0.2) is 24.3 Å². The topological polar surface area (TPSA) is 66.9 Å². The van der Waals surface area contributed by atoms with Crippen LogP contribution >= 0.6 is 0 Å². The van der Waals surface area contributed by atoms with Gasteiger partial charge in [0.2, 0.25) is 5.91 Å². The minimum absolute atomic E-state index is 0.0949. The molecule has 0 N–H and O–H groups in total. The fourth-order valence-electron chi connectivity index (χ4n) is 3.52. The Morgan fingerprint density at radius 3 is 2.80 bits per heavy atom. The first-order valence-corrected chi connectivity index (χ1v) is 8.96. The van der Waals surface area contributed by atoms with Gasteiger partial charge < -0.3 is 14.5 Å². The number of esters is 1. The van der Waals surface area contributed by atoms with E-state index < -0.39 is 0 Å². The molecule has 134 valence electrons. The van der Waals surface area contributed by atoms with Crippen LogP contribution in [-0.4, -0.2) is 48.9 Å². The molecule has 2 amide bonds. The lowest BCUT2D eigenvalue weighted by Gasteiger charge is -2.31. The minimum atomic E-state index is -0.249. The van der Waals surface area contributed by atoms with Gasteiger partial charge in [0.25, 0.3) is 5.91 Å². The van der Waals surface area contributed by atoms with Gasteiger partial charge in [-0.05, 0) is 44.4 Å². The van der Waals surface area contributed by atoms with Gasteiger partial charge in [0, 0.05) is 37.3 Å². The summed E-state index contributed by atoms with van der Waals surface area (Å²) in [5, 5.41) is 0. The third-order valence-electron chi connectivity index (χ3n) is 4.81. The van der Waals surface area contributed by atoms with E-state index in [1.54, 1.807) is 34.9 Å². The molecule has 6 heteroatoms. The zero-order chi connectivity index (χ0) is 17.8. The van der Waals surface area contributed by atoms with Crippen molar-refractivity contribution >= 4 is 23.5 Å². The van der Waals surface area contributed by atoms with Crippen molar-refractivity contribution in [3.8, 4) is 0 Å². The van der Waals surface area contributed by atoms with Crippen molar-refractivity contribution < 1.29 is 19.1 Å². The highest BCUT2D eigenvalue weighted by Gasteiger charge is 2.30. The van der Waals surface area contributed by atoms with E-state index >= 15 is 0 Å². The second-order valence-electron chi connectivity index (χ2n) is 6.54. The van der Waals surface area contributed by atoms with Crippen molar-refractivity contribution in [2.45, 2.75) is 32.6 Å². The lowest BCUT2D eigenvalue weighted by Crippen LogP contribution is -2.42. The first-order chi connectivity index (χ1) is 12.1. The highest BCUT2D eigenvalue weighted by molar-refractivity contribution is 5.99. The summed E-state index contributed by atoms with van der Waals surface area (Å²) in [6.45, 7) is 3.88. The van der Waals surface area contributed by atoms with E-state index in [2.05, 4.69) is 0 Å². The Balaban J connectivity index is 1.72. The zero-order valence-electron chi connectivity index (χ0n) is 14.6. The molecular formula is C19H24N2O4. The third-order valence-corrected chi connectivity index (χ3v) is 4.81. The maximum absolute atomic E-state index is 12.8. The average Bonchev–Trinajstić information content (AvgIpc) is 3.07. The maximum Gasteiger partial charge on any atom is 0.310 e. The summed E-state index contributed by atoms with van der Waals surface area (Å²) in [6, 6.07) is 7.21. The van der Waals surface area contributed by atoms with Crippen LogP contribution in [0, 0.1) is 5.92 Å². The maximum atomic E-state index is 12.8. The van der Waals surface area contributed by atoms with Crippen molar-refractivity contribution in [3.05, 3.63) is 29.8 Å². The molecule has 2 aliphatic heterocycles. The number of carbonyl (C=O) groups is 3. The lowest BCUT2D eigenvalue weighted by atomic mass is 9.97. The van der Waals surface area contributed by atoms with Crippen molar-refractivity contribution in [2.75, 3.05) is 31.1 Å². The van der Waals surface area contributed by atoms with Gasteiger partial charge in [-0.25, -0.2) is 0 Å². The van der Waals surface area contributed by atoms with Crippen molar-refractivity contribution in [3.63, 3.8) is 0 Å². The van der Waals surface area contributed by atoms with E-state index in [1.165, 1.54) is 0 Å². The number of carbonyl (C=O) groups excluding carboxylic acids is 3. The third kappa shape index (κ3) is 3.83. The Labute approximate surface area is 147 Å². The number of ether oxygens (including phenoxy) is 1. The standard InChI is InChI=1S/C19H24N2O4/c1-2-25-19(24)15-7-4-10-20(13-15)18(23)14-6-3-8-16(12-14)21-11-5-9-17(21)22/h3,6,8,12,15H,2,4-5,7,9-11,13H2,1H3/t15-/m0/s1. The van der Waals surface area contributed by atoms with Gasteiger partial charge in [0.15, 0.2) is 0 Å². The number of hydrogen-bond acceptors (Lipinski definition) is 4. The van der Waals surface area contributed by atoms with E-state index in [0.29, 0.717) is 38.2 Å². The first-order valence-electron chi connectivity index (χ1n) is 8.96. The normalized spacial score (nSPS) is 20.7. The number of benzene rings is 1. The van der Waals surface area contributed by atoms with Gasteiger partial charge in [0.05, 0.1) is 12.5 Å². The van der Waals surface area contributed by atoms with Crippen molar-refractivity contribution in [1.29, 1.82) is 0 Å². The number of anilines is 1. The van der Waals surface area contributed by atoms with Crippen LogP contribution in [0.2, 0.25) is 0 Å². The van der Waals surface area contributed by atoms with Crippen molar-refractivity contribution in [2.24, 2.45) is 5.92 Å². The fraction of sp³-hybridized carbons (Fsp3) is 0.526. The number of rotatable bonds is 4. The van der Waals surface area contributed by atoms with Crippen LogP contribution < -0.4 is 4.90 Å². The van der Waals surface area contributed by atoms with E-state index in [4.69, 9.17) is 4.74 Å². The molecule has 0 saturated carbocycles. The Kier molecular flexibility index (Phi) is 5.36. The summed E-state index contributed by atoms with van der Waals surface area (Å²) >= 11 is 0.